The largest absolute Gasteiger partial charge is 0.294 e. The summed E-state index contributed by atoms with van der Waals surface area (Å²) in [6.45, 7) is 11.6. The van der Waals surface area contributed by atoms with Gasteiger partial charge in [-0.1, -0.05) is 13.8 Å². The van der Waals surface area contributed by atoms with Gasteiger partial charge in [0.25, 0.3) is 5.56 Å². The fourth-order valence-corrected chi connectivity index (χ4v) is 3.09. The van der Waals surface area contributed by atoms with Gasteiger partial charge in [-0.25, -0.2) is 9.50 Å². The van der Waals surface area contributed by atoms with Gasteiger partial charge in [-0.3, -0.25) is 19.5 Å². The lowest BCUT2D eigenvalue weighted by atomic mass is 10.2. The number of aromatic nitrogens is 5. The number of H-pyrrole nitrogens is 1. The van der Waals surface area contributed by atoms with Crippen LogP contribution >= 0.6 is 0 Å². The summed E-state index contributed by atoms with van der Waals surface area (Å²) in [5, 5.41) is 7.35. The van der Waals surface area contributed by atoms with E-state index in [1.54, 1.807) is 6.07 Å². The minimum absolute atomic E-state index is 0.0728. The maximum Gasteiger partial charge on any atom is 0.272 e. The lowest BCUT2D eigenvalue weighted by Crippen LogP contribution is -2.28. The summed E-state index contributed by atoms with van der Waals surface area (Å²) in [5.41, 5.74) is 3.50. The van der Waals surface area contributed by atoms with Crippen molar-refractivity contribution < 1.29 is 0 Å². The van der Waals surface area contributed by atoms with Gasteiger partial charge in [0.15, 0.2) is 5.65 Å². The minimum Gasteiger partial charge on any atom is -0.294 e. The van der Waals surface area contributed by atoms with Gasteiger partial charge in [0.05, 0.1) is 11.9 Å². The Balaban J connectivity index is 1.83. The van der Waals surface area contributed by atoms with Crippen molar-refractivity contribution >= 4 is 5.65 Å². The van der Waals surface area contributed by atoms with E-state index in [0.717, 1.165) is 31.0 Å². The minimum atomic E-state index is -0.0728. The Morgan fingerprint density at radius 3 is 2.76 bits per heavy atom. The van der Waals surface area contributed by atoms with E-state index in [0.29, 0.717) is 18.1 Å². The van der Waals surface area contributed by atoms with Crippen LogP contribution in [0.5, 0.6) is 0 Å². The molecule has 0 bridgehead atoms. The zero-order valence-electron chi connectivity index (χ0n) is 15.4. The molecule has 0 aliphatic carbocycles. The summed E-state index contributed by atoms with van der Waals surface area (Å²) in [6, 6.07) is 3.51. The van der Waals surface area contributed by atoms with Crippen molar-refractivity contribution in [2.75, 3.05) is 6.54 Å². The Labute approximate surface area is 147 Å². The Hall–Kier alpha value is -2.41. The SMILES string of the molecule is CCn1cc(CN(Cc2cc(=O)n3[nH]c(C)cc3n2)CC(C)C)cn1. The number of hydrogen-bond acceptors (Lipinski definition) is 4. The molecular weight excluding hydrogens is 316 g/mol. The van der Waals surface area contributed by atoms with Gasteiger partial charge in [-0.15, -0.1) is 0 Å². The van der Waals surface area contributed by atoms with Crippen LogP contribution in [-0.4, -0.2) is 35.8 Å². The highest BCUT2D eigenvalue weighted by Gasteiger charge is 2.13. The molecule has 25 heavy (non-hydrogen) atoms. The predicted molar refractivity (Wildman–Crippen MR) is 97.4 cm³/mol. The highest BCUT2D eigenvalue weighted by molar-refractivity contribution is 5.39. The second kappa shape index (κ2) is 7.23. The first-order chi connectivity index (χ1) is 11.9. The Morgan fingerprint density at radius 1 is 1.28 bits per heavy atom. The average Bonchev–Trinajstić information content (AvgIpc) is 3.12. The van der Waals surface area contributed by atoms with Crippen molar-refractivity contribution in [3.63, 3.8) is 0 Å². The van der Waals surface area contributed by atoms with E-state index in [2.05, 4.69) is 47.0 Å². The second-order valence-electron chi connectivity index (χ2n) is 6.99. The zero-order chi connectivity index (χ0) is 18.0. The Bertz CT molecular complexity index is 904. The van der Waals surface area contributed by atoms with Crippen LogP contribution in [-0.2, 0) is 19.6 Å². The van der Waals surface area contributed by atoms with Gasteiger partial charge < -0.3 is 0 Å². The summed E-state index contributed by atoms with van der Waals surface area (Å²) in [7, 11) is 0. The number of hydrogen-bond donors (Lipinski definition) is 1. The number of aromatic amines is 1. The molecule has 134 valence electrons. The van der Waals surface area contributed by atoms with Crippen LogP contribution < -0.4 is 5.56 Å². The number of nitrogens with zero attached hydrogens (tertiary/aromatic N) is 5. The predicted octanol–water partition coefficient (Wildman–Crippen LogP) is 2.21. The molecule has 7 nitrogen and oxygen atoms in total. The van der Waals surface area contributed by atoms with Gasteiger partial charge in [0, 0.05) is 55.8 Å². The summed E-state index contributed by atoms with van der Waals surface area (Å²) in [5.74, 6) is 0.528. The van der Waals surface area contributed by atoms with E-state index < -0.39 is 0 Å². The van der Waals surface area contributed by atoms with Crippen molar-refractivity contribution in [1.82, 2.24) is 29.3 Å². The molecule has 0 fully saturated rings. The highest BCUT2D eigenvalue weighted by Crippen LogP contribution is 2.11. The van der Waals surface area contributed by atoms with Crippen LogP contribution in [0.25, 0.3) is 5.65 Å². The number of nitrogens with one attached hydrogen (secondary N) is 1. The standard InChI is InChI=1S/C18H26N6O/c1-5-23-11-15(8-19-23)10-22(9-13(2)3)12-16-7-18(25)24-17(20-16)6-14(4)21-24/h6-8,11,13,21H,5,9-10,12H2,1-4H3. The molecule has 3 aromatic rings. The van der Waals surface area contributed by atoms with Gasteiger partial charge in [-0.2, -0.15) is 5.10 Å². The molecular formula is C18H26N6O. The third kappa shape index (κ3) is 4.17. The fourth-order valence-electron chi connectivity index (χ4n) is 3.09. The Morgan fingerprint density at radius 2 is 2.08 bits per heavy atom. The van der Waals surface area contributed by atoms with Crippen LogP contribution in [0, 0.1) is 12.8 Å². The zero-order valence-corrected chi connectivity index (χ0v) is 15.4. The molecule has 0 radical (unpaired) electrons. The van der Waals surface area contributed by atoms with E-state index in [1.807, 2.05) is 23.9 Å². The smallest absolute Gasteiger partial charge is 0.272 e. The quantitative estimate of drug-likeness (QED) is 0.714. The van der Waals surface area contributed by atoms with Gasteiger partial charge >= 0.3 is 0 Å². The number of aryl methyl sites for hydroxylation is 2. The molecule has 0 saturated carbocycles. The first-order valence-corrected chi connectivity index (χ1v) is 8.76. The summed E-state index contributed by atoms with van der Waals surface area (Å²) in [4.78, 5) is 19.2. The van der Waals surface area contributed by atoms with E-state index in [1.165, 1.54) is 10.1 Å². The van der Waals surface area contributed by atoms with E-state index >= 15 is 0 Å². The van der Waals surface area contributed by atoms with Gasteiger partial charge in [-0.05, 0) is 19.8 Å². The van der Waals surface area contributed by atoms with Gasteiger partial charge in [0.2, 0.25) is 0 Å². The van der Waals surface area contributed by atoms with Crippen LogP contribution in [0.3, 0.4) is 0 Å². The first kappa shape index (κ1) is 17.4. The molecule has 0 unspecified atom stereocenters. The fraction of sp³-hybridized carbons (Fsp3) is 0.500. The van der Waals surface area contributed by atoms with Crippen molar-refractivity contribution in [1.29, 1.82) is 0 Å². The molecule has 0 aliphatic rings. The molecule has 0 atom stereocenters. The molecule has 0 saturated heterocycles. The monoisotopic (exact) mass is 342 g/mol. The van der Waals surface area contributed by atoms with Gasteiger partial charge in [0.1, 0.15) is 0 Å². The van der Waals surface area contributed by atoms with Crippen molar-refractivity contribution in [3.05, 3.63) is 51.8 Å². The van der Waals surface area contributed by atoms with E-state index in [9.17, 15) is 4.79 Å². The first-order valence-electron chi connectivity index (χ1n) is 8.76. The van der Waals surface area contributed by atoms with Crippen LogP contribution in [0.15, 0.2) is 29.3 Å². The third-order valence-electron chi connectivity index (χ3n) is 4.06. The third-order valence-corrected chi connectivity index (χ3v) is 4.06. The molecule has 3 heterocycles. The lowest BCUT2D eigenvalue weighted by Gasteiger charge is -2.23. The van der Waals surface area contributed by atoms with E-state index in [-0.39, 0.29) is 5.56 Å². The topological polar surface area (TPSA) is 71.2 Å². The molecule has 3 aromatic heterocycles. The maximum absolute atomic E-state index is 12.3. The van der Waals surface area contributed by atoms with Crippen molar-refractivity contribution in [2.45, 2.75) is 47.3 Å². The average molecular weight is 342 g/mol. The van der Waals surface area contributed by atoms with Crippen molar-refractivity contribution in [3.8, 4) is 0 Å². The molecule has 0 aromatic carbocycles. The van der Waals surface area contributed by atoms with E-state index in [4.69, 9.17) is 0 Å². The molecule has 0 aliphatic heterocycles. The number of rotatable bonds is 7. The second-order valence-corrected chi connectivity index (χ2v) is 6.99. The molecule has 7 heteroatoms. The van der Waals surface area contributed by atoms with Crippen molar-refractivity contribution in [2.24, 2.45) is 5.92 Å². The summed E-state index contributed by atoms with van der Waals surface area (Å²) >= 11 is 0. The maximum atomic E-state index is 12.3. The molecule has 3 rings (SSSR count). The summed E-state index contributed by atoms with van der Waals surface area (Å²) in [6.07, 6.45) is 3.99. The summed E-state index contributed by atoms with van der Waals surface area (Å²) < 4.78 is 3.42. The molecule has 0 amide bonds. The molecule has 1 N–H and O–H groups in total. The van der Waals surface area contributed by atoms with Crippen LogP contribution in [0.2, 0.25) is 0 Å². The Kier molecular flexibility index (Phi) is 5.03. The molecule has 0 spiro atoms. The normalized spacial score (nSPS) is 11.9. The highest BCUT2D eigenvalue weighted by atomic mass is 16.1. The lowest BCUT2D eigenvalue weighted by molar-refractivity contribution is 0.225. The van der Waals surface area contributed by atoms with Crippen LogP contribution in [0.4, 0.5) is 0 Å². The van der Waals surface area contributed by atoms with Crippen LogP contribution in [0.1, 0.15) is 37.7 Å². The number of fused-ring (bicyclic) bond motifs is 1.